The minimum Gasteiger partial charge on any atom is -0.127 e. The van der Waals surface area contributed by atoms with Crippen molar-refractivity contribution >= 4 is 11.8 Å². The first-order chi connectivity index (χ1) is 4.20. The van der Waals surface area contributed by atoms with Gasteiger partial charge in [-0.15, -0.1) is 11.8 Å². The molecule has 0 saturated heterocycles. The Morgan fingerprint density at radius 1 is 1.67 bits per heavy atom. The van der Waals surface area contributed by atoms with E-state index < -0.39 is 0 Å². The van der Waals surface area contributed by atoms with Gasteiger partial charge in [-0.2, -0.15) is 0 Å². The first-order valence-electron chi connectivity index (χ1n) is 3.53. The molecule has 0 saturated carbocycles. The molecule has 0 spiro atoms. The fraction of sp³-hybridized carbons (Fsp3) is 0.750. The van der Waals surface area contributed by atoms with E-state index >= 15 is 0 Å². The van der Waals surface area contributed by atoms with Crippen LogP contribution in [0.2, 0.25) is 0 Å². The van der Waals surface area contributed by atoms with Gasteiger partial charge in [0.15, 0.2) is 0 Å². The molecule has 52 valence electrons. The Hall–Kier alpha value is 0.0900. The first kappa shape index (κ1) is 7.20. The van der Waals surface area contributed by atoms with Gasteiger partial charge in [0.1, 0.15) is 0 Å². The molecule has 1 atom stereocenters. The summed E-state index contributed by atoms with van der Waals surface area (Å²) in [5.41, 5.74) is 0. The highest BCUT2D eigenvalue weighted by atomic mass is 32.2. The van der Waals surface area contributed by atoms with Gasteiger partial charge < -0.3 is 0 Å². The Labute approximate surface area is 61.7 Å². The molecule has 1 unspecified atom stereocenters. The SMILES string of the molecule is CC1=CCC(C(C)C)S1. The summed E-state index contributed by atoms with van der Waals surface area (Å²) in [7, 11) is 0. The Balaban J connectivity index is 2.37. The molecule has 0 aromatic carbocycles. The van der Waals surface area contributed by atoms with Gasteiger partial charge in [-0.05, 0) is 24.2 Å². The number of hydrogen-bond acceptors (Lipinski definition) is 1. The molecule has 0 nitrogen and oxygen atoms in total. The summed E-state index contributed by atoms with van der Waals surface area (Å²) in [5.74, 6) is 0.837. The zero-order chi connectivity index (χ0) is 6.85. The van der Waals surface area contributed by atoms with Crippen LogP contribution >= 0.6 is 11.8 Å². The molecule has 1 aliphatic rings. The maximum atomic E-state index is 2.34. The lowest BCUT2D eigenvalue weighted by molar-refractivity contribution is 0.618. The molecule has 0 amide bonds. The van der Waals surface area contributed by atoms with Crippen LogP contribution in [0.25, 0.3) is 0 Å². The minimum atomic E-state index is 0.837. The number of rotatable bonds is 1. The van der Waals surface area contributed by atoms with E-state index in [1.165, 1.54) is 11.3 Å². The lowest BCUT2D eigenvalue weighted by Gasteiger charge is -2.12. The smallest absolute Gasteiger partial charge is 0.0149 e. The van der Waals surface area contributed by atoms with Crippen molar-refractivity contribution in [3.05, 3.63) is 11.0 Å². The Kier molecular flexibility index (Phi) is 2.23. The standard InChI is InChI=1S/C8H14S/c1-6(2)8-5-4-7(3)9-8/h4,6,8H,5H2,1-3H3. The zero-order valence-corrected chi connectivity index (χ0v) is 7.16. The van der Waals surface area contributed by atoms with Crippen molar-refractivity contribution in [2.45, 2.75) is 32.4 Å². The van der Waals surface area contributed by atoms with Gasteiger partial charge in [0.2, 0.25) is 0 Å². The van der Waals surface area contributed by atoms with Crippen molar-refractivity contribution in [3.8, 4) is 0 Å². The molecule has 0 radical (unpaired) electrons. The lowest BCUT2D eigenvalue weighted by atomic mass is 10.1. The van der Waals surface area contributed by atoms with E-state index in [9.17, 15) is 0 Å². The number of thioether (sulfide) groups is 1. The molecular formula is C8H14S. The minimum absolute atomic E-state index is 0.837. The summed E-state index contributed by atoms with van der Waals surface area (Å²) >= 11 is 2.03. The van der Waals surface area contributed by atoms with Gasteiger partial charge in [-0.25, -0.2) is 0 Å². The van der Waals surface area contributed by atoms with Crippen LogP contribution in [0.5, 0.6) is 0 Å². The number of hydrogen-bond donors (Lipinski definition) is 0. The normalized spacial score (nSPS) is 27.1. The average Bonchev–Trinajstić information content (AvgIpc) is 2.14. The van der Waals surface area contributed by atoms with E-state index in [1.54, 1.807) is 0 Å². The fourth-order valence-electron chi connectivity index (χ4n) is 1.03. The summed E-state index contributed by atoms with van der Waals surface area (Å²) in [4.78, 5) is 1.51. The van der Waals surface area contributed by atoms with Crippen LogP contribution in [0, 0.1) is 5.92 Å². The molecule has 0 N–H and O–H groups in total. The first-order valence-corrected chi connectivity index (χ1v) is 4.41. The quantitative estimate of drug-likeness (QED) is 0.542. The third kappa shape index (κ3) is 1.75. The van der Waals surface area contributed by atoms with Gasteiger partial charge in [-0.1, -0.05) is 19.9 Å². The molecule has 1 rings (SSSR count). The van der Waals surface area contributed by atoms with Crippen molar-refractivity contribution in [1.82, 2.24) is 0 Å². The summed E-state index contributed by atoms with van der Waals surface area (Å²) in [5, 5.41) is 0.866. The van der Waals surface area contributed by atoms with E-state index in [2.05, 4.69) is 26.8 Å². The summed E-state index contributed by atoms with van der Waals surface area (Å²) in [6.07, 6.45) is 3.63. The molecule has 0 aromatic heterocycles. The van der Waals surface area contributed by atoms with Gasteiger partial charge >= 0.3 is 0 Å². The molecule has 1 aliphatic heterocycles. The van der Waals surface area contributed by atoms with Crippen LogP contribution < -0.4 is 0 Å². The van der Waals surface area contributed by atoms with Crippen LogP contribution in [0.1, 0.15) is 27.2 Å². The van der Waals surface area contributed by atoms with Crippen LogP contribution in [0.15, 0.2) is 11.0 Å². The predicted molar refractivity (Wildman–Crippen MR) is 44.6 cm³/mol. The summed E-state index contributed by atoms with van der Waals surface area (Å²) in [6.45, 7) is 6.79. The van der Waals surface area contributed by atoms with Crippen LogP contribution in [0.4, 0.5) is 0 Å². The highest BCUT2D eigenvalue weighted by Crippen LogP contribution is 2.35. The molecule has 0 aliphatic carbocycles. The lowest BCUT2D eigenvalue weighted by Crippen LogP contribution is -2.05. The molecule has 0 fully saturated rings. The van der Waals surface area contributed by atoms with Crippen LogP contribution in [-0.4, -0.2) is 5.25 Å². The summed E-state index contributed by atoms with van der Waals surface area (Å²) in [6, 6.07) is 0. The average molecular weight is 142 g/mol. The highest BCUT2D eigenvalue weighted by Gasteiger charge is 2.17. The molecule has 9 heavy (non-hydrogen) atoms. The van der Waals surface area contributed by atoms with Crippen molar-refractivity contribution in [2.75, 3.05) is 0 Å². The van der Waals surface area contributed by atoms with Crippen molar-refractivity contribution in [1.29, 1.82) is 0 Å². The van der Waals surface area contributed by atoms with E-state index in [-0.39, 0.29) is 0 Å². The third-order valence-electron chi connectivity index (χ3n) is 1.72. The van der Waals surface area contributed by atoms with E-state index in [1.807, 2.05) is 11.8 Å². The Morgan fingerprint density at radius 3 is 2.56 bits per heavy atom. The Bertz CT molecular complexity index is 125. The Morgan fingerprint density at radius 2 is 2.33 bits per heavy atom. The second-order valence-electron chi connectivity index (χ2n) is 2.95. The molecular weight excluding hydrogens is 128 g/mol. The second kappa shape index (κ2) is 2.78. The van der Waals surface area contributed by atoms with Crippen molar-refractivity contribution in [2.24, 2.45) is 5.92 Å². The van der Waals surface area contributed by atoms with Gasteiger partial charge in [0.25, 0.3) is 0 Å². The van der Waals surface area contributed by atoms with Crippen molar-refractivity contribution < 1.29 is 0 Å². The predicted octanol–water partition coefficient (Wildman–Crippen LogP) is 3.05. The van der Waals surface area contributed by atoms with Crippen LogP contribution in [0.3, 0.4) is 0 Å². The molecule has 1 heterocycles. The van der Waals surface area contributed by atoms with Gasteiger partial charge in [0.05, 0.1) is 0 Å². The third-order valence-corrected chi connectivity index (χ3v) is 3.30. The molecule has 0 bridgehead atoms. The number of allylic oxidation sites excluding steroid dienone is 2. The molecule has 1 heteroatoms. The monoisotopic (exact) mass is 142 g/mol. The highest BCUT2D eigenvalue weighted by molar-refractivity contribution is 8.03. The van der Waals surface area contributed by atoms with E-state index in [4.69, 9.17) is 0 Å². The summed E-state index contributed by atoms with van der Waals surface area (Å²) < 4.78 is 0. The van der Waals surface area contributed by atoms with Crippen molar-refractivity contribution in [3.63, 3.8) is 0 Å². The molecule has 0 aromatic rings. The van der Waals surface area contributed by atoms with Gasteiger partial charge in [-0.3, -0.25) is 0 Å². The van der Waals surface area contributed by atoms with E-state index in [0.717, 1.165) is 11.2 Å². The zero-order valence-electron chi connectivity index (χ0n) is 6.35. The maximum Gasteiger partial charge on any atom is 0.0149 e. The topological polar surface area (TPSA) is 0 Å². The van der Waals surface area contributed by atoms with E-state index in [0.29, 0.717) is 0 Å². The fourth-order valence-corrected chi connectivity index (χ4v) is 2.16. The second-order valence-corrected chi connectivity index (χ2v) is 4.44. The maximum absolute atomic E-state index is 2.34. The largest absolute Gasteiger partial charge is 0.127 e. The van der Waals surface area contributed by atoms with Crippen LogP contribution in [-0.2, 0) is 0 Å². The van der Waals surface area contributed by atoms with Gasteiger partial charge in [0, 0.05) is 5.25 Å².